The predicted molar refractivity (Wildman–Crippen MR) is 155 cm³/mol. The molecule has 2 aromatic rings. The smallest absolute Gasteiger partial charge is 0.303 e. The third kappa shape index (κ3) is 7.11. The fourth-order valence-corrected chi connectivity index (χ4v) is 5.60. The lowest BCUT2D eigenvalue weighted by atomic mass is 10.0. The van der Waals surface area contributed by atoms with Crippen LogP contribution in [0, 0.1) is 18.3 Å². The molecule has 38 heavy (non-hydrogen) atoms. The van der Waals surface area contributed by atoms with E-state index in [9.17, 15) is 19.6 Å². The van der Waals surface area contributed by atoms with Crippen LogP contribution < -0.4 is 10.9 Å². The van der Waals surface area contributed by atoms with Crippen molar-refractivity contribution in [1.82, 2.24) is 9.47 Å². The number of anilines is 1. The first-order chi connectivity index (χ1) is 18.3. The number of thioether (sulfide) groups is 1. The van der Waals surface area contributed by atoms with E-state index in [1.807, 2.05) is 37.3 Å². The Bertz CT molecular complexity index is 1330. The van der Waals surface area contributed by atoms with Gasteiger partial charge in [-0.2, -0.15) is 5.26 Å². The molecule has 2 heterocycles. The van der Waals surface area contributed by atoms with Gasteiger partial charge in [0.1, 0.15) is 21.8 Å². The van der Waals surface area contributed by atoms with E-state index in [-0.39, 0.29) is 23.5 Å². The number of carboxylic acids is 1. The number of carboxylic acid groups (broad SMARTS) is 1. The number of nitriles is 1. The number of thiocarbonyl (C=S) groups is 1. The van der Waals surface area contributed by atoms with Crippen LogP contribution in [0.25, 0.3) is 6.08 Å². The lowest BCUT2D eigenvalue weighted by Gasteiger charge is -2.20. The Morgan fingerprint density at radius 2 is 1.92 bits per heavy atom. The van der Waals surface area contributed by atoms with Crippen LogP contribution in [-0.2, 0) is 22.6 Å². The zero-order chi connectivity index (χ0) is 27.7. The molecule has 1 aromatic carbocycles. The van der Waals surface area contributed by atoms with E-state index < -0.39 is 5.97 Å². The maximum Gasteiger partial charge on any atom is 0.303 e. The molecule has 8 nitrogen and oxygen atoms in total. The summed E-state index contributed by atoms with van der Waals surface area (Å²) in [5, 5.41) is 22.0. The number of aliphatic carboxylic acids is 1. The summed E-state index contributed by atoms with van der Waals surface area (Å²) in [6, 6.07) is 12.1. The molecule has 1 saturated heterocycles. The van der Waals surface area contributed by atoms with Gasteiger partial charge in [0.05, 0.1) is 4.91 Å². The average Bonchev–Trinajstić information content (AvgIpc) is 3.16. The Morgan fingerprint density at radius 3 is 2.58 bits per heavy atom. The van der Waals surface area contributed by atoms with Gasteiger partial charge in [0.2, 0.25) is 0 Å². The molecule has 1 aromatic heterocycles. The van der Waals surface area contributed by atoms with E-state index in [1.54, 1.807) is 17.6 Å². The van der Waals surface area contributed by atoms with Crippen molar-refractivity contribution in [1.29, 1.82) is 5.26 Å². The topological polar surface area (TPSA) is 115 Å². The normalized spacial score (nSPS) is 14.2. The fourth-order valence-electron chi connectivity index (χ4n) is 4.31. The van der Waals surface area contributed by atoms with Crippen molar-refractivity contribution in [2.75, 3.05) is 18.4 Å². The van der Waals surface area contributed by atoms with Crippen molar-refractivity contribution in [3.63, 3.8) is 0 Å². The van der Waals surface area contributed by atoms with Crippen molar-refractivity contribution < 1.29 is 14.7 Å². The molecule has 0 aliphatic carbocycles. The van der Waals surface area contributed by atoms with E-state index >= 15 is 0 Å². The van der Waals surface area contributed by atoms with Crippen LogP contribution in [0.5, 0.6) is 0 Å². The molecule has 10 heteroatoms. The van der Waals surface area contributed by atoms with E-state index in [2.05, 4.69) is 11.4 Å². The molecule has 1 amide bonds. The molecule has 0 atom stereocenters. The molecule has 0 saturated carbocycles. The minimum absolute atomic E-state index is 0.0622. The van der Waals surface area contributed by atoms with Crippen LogP contribution in [0.3, 0.4) is 0 Å². The van der Waals surface area contributed by atoms with Gasteiger partial charge < -0.3 is 10.4 Å². The second kappa shape index (κ2) is 13.9. The van der Waals surface area contributed by atoms with Gasteiger partial charge in [-0.05, 0) is 49.8 Å². The number of unbranched alkanes of at least 4 members (excludes halogenated alkanes) is 2. The number of carbonyl (C=O) groups excluding carboxylic acids is 1. The summed E-state index contributed by atoms with van der Waals surface area (Å²) in [5.41, 5.74) is 2.02. The second-order valence-electron chi connectivity index (χ2n) is 9.03. The Balaban J connectivity index is 1.92. The van der Waals surface area contributed by atoms with Crippen LogP contribution in [-0.4, -0.2) is 43.9 Å². The van der Waals surface area contributed by atoms with Gasteiger partial charge >= 0.3 is 5.97 Å². The number of rotatable bonds is 13. The summed E-state index contributed by atoms with van der Waals surface area (Å²) >= 11 is 6.66. The quantitative estimate of drug-likeness (QED) is 0.204. The summed E-state index contributed by atoms with van der Waals surface area (Å²) in [7, 11) is 0. The minimum Gasteiger partial charge on any atom is -0.481 e. The van der Waals surface area contributed by atoms with E-state index in [1.165, 1.54) is 16.7 Å². The molecule has 3 rings (SSSR count). The van der Waals surface area contributed by atoms with Crippen LogP contribution in [0.2, 0.25) is 0 Å². The zero-order valence-corrected chi connectivity index (χ0v) is 23.3. The van der Waals surface area contributed by atoms with Gasteiger partial charge in [-0.3, -0.25) is 23.9 Å². The Hall–Kier alpha value is -3.42. The SMILES string of the molecule is CCCn1c(NCCc2ccccc2)c(/C=C2/SC(=S)N(CCCCCC(=O)O)C2=O)c(C)c(C#N)c1=O. The molecule has 1 fully saturated rings. The Morgan fingerprint density at radius 1 is 1.18 bits per heavy atom. The summed E-state index contributed by atoms with van der Waals surface area (Å²) in [6.45, 7) is 5.11. The highest BCUT2D eigenvalue weighted by atomic mass is 32.2. The molecular weight excluding hydrogens is 520 g/mol. The first-order valence-corrected chi connectivity index (χ1v) is 13.9. The number of nitrogens with one attached hydrogen (secondary N) is 1. The van der Waals surface area contributed by atoms with Crippen molar-refractivity contribution >= 4 is 52.1 Å². The highest BCUT2D eigenvalue weighted by molar-refractivity contribution is 8.26. The predicted octanol–water partition coefficient (Wildman–Crippen LogP) is 4.94. The van der Waals surface area contributed by atoms with E-state index in [0.29, 0.717) is 71.5 Å². The van der Waals surface area contributed by atoms with Gasteiger partial charge in [0.25, 0.3) is 11.5 Å². The summed E-state index contributed by atoms with van der Waals surface area (Å²) in [5.74, 6) is -0.467. The lowest BCUT2D eigenvalue weighted by molar-refractivity contribution is -0.137. The largest absolute Gasteiger partial charge is 0.481 e. The monoisotopic (exact) mass is 552 g/mol. The van der Waals surface area contributed by atoms with Gasteiger partial charge in [-0.15, -0.1) is 0 Å². The molecule has 200 valence electrons. The molecule has 0 unspecified atom stereocenters. The van der Waals surface area contributed by atoms with Crippen LogP contribution in [0.15, 0.2) is 40.0 Å². The molecular formula is C28H32N4O4S2. The van der Waals surface area contributed by atoms with Gasteiger partial charge in [0.15, 0.2) is 0 Å². The Kier molecular flexibility index (Phi) is 10.7. The standard InChI is InChI=1S/C28H32N4O4S2/c1-3-15-31-25(30-14-13-20-10-6-4-7-11-20)21(19(2)22(18-29)26(31)35)17-23-27(36)32(28(37)38-23)16-9-5-8-12-24(33)34/h4,6-7,10-11,17,30H,3,5,8-9,12-16H2,1-2H3,(H,33,34)/b23-17+. The average molecular weight is 553 g/mol. The third-order valence-electron chi connectivity index (χ3n) is 6.29. The molecule has 0 spiro atoms. The number of nitrogens with zero attached hydrogens (tertiary/aromatic N) is 3. The number of hydrogen-bond donors (Lipinski definition) is 2. The van der Waals surface area contributed by atoms with Crippen molar-refractivity contribution in [3.8, 4) is 6.07 Å². The highest BCUT2D eigenvalue weighted by Gasteiger charge is 2.32. The Labute approximate surface area is 232 Å². The lowest BCUT2D eigenvalue weighted by Crippen LogP contribution is -2.29. The summed E-state index contributed by atoms with van der Waals surface area (Å²) < 4.78 is 2.03. The van der Waals surface area contributed by atoms with Gasteiger partial charge in [-0.1, -0.05) is 67.7 Å². The molecule has 1 aliphatic heterocycles. The maximum atomic E-state index is 13.2. The minimum atomic E-state index is -0.830. The molecule has 0 radical (unpaired) electrons. The van der Waals surface area contributed by atoms with Crippen LogP contribution in [0.1, 0.15) is 61.3 Å². The highest BCUT2D eigenvalue weighted by Crippen LogP contribution is 2.35. The number of amides is 1. The van der Waals surface area contributed by atoms with E-state index in [4.69, 9.17) is 17.3 Å². The van der Waals surface area contributed by atoms with Crippen LogP contribution >= 0.6 is 24.0 Å². The fraction of sp³-hybridized carbons (Fsp3) is 0.393. The first-order valence-electron chi connectivity index (χ1n) is 12.7. The first kappa shape index (κ1) is 29.1. The summed E-state index contributed by atoms with van der Waals surface area (Å²) in [6.07, 6.45) is 5.16. The number of pyridine rings is 1. The van der Waals surface area contributed by atoms with Crippen molar-refractivity contribution in [2.24, 2.45) is 0 Å². The van der Waals surface area contributed by atoms with Crippen LogP contribution in [0.4, 0.5) is 5.82 Å². The molecule has 2 N–H and O–H groups in total. The third-order valence-corrected chi connectivity index (χ3v) is 7.67. The maximum absolute atomic E-state index is 13.2. The number of carbonyl (C=O) groups is 2. The number of aromatic nitrogens is 1. The second-order valence-corrected chi connectivity index (χ2v) is 10.7. The number of hydrogen-bond acceptors (Lipinski definition) is 7. The van der Waals surface area contributed by atoms with Crippen molar-refractivity contribution in [2.45, 2.75) is 58.9 Å². The molecule has 0 bridgehead atoms. The number of benzene rings is 1. The summed E-state index contributed by atoms with van der Waals surface area (Å²) in [4.78, 5) is 39.1. The van der Waals surface area contributed by atoms with E-state index in [0.717, 1.165) is 12.0 Å². The van der Waals surface area contributed by atoms with Crippen molar-refractivity contribution in [3.05, 3.63) is 67.8 Å². The van der Waals surface area contributed by atoms with Gasteiger partial charge in [-0.25, -0.2) is 0 Å². The molecule has 1 aliphatic rings. The van der Waals surface area contributed by atoms with Gasteiger partial charge in [0, 0.05) is 31.6 Å². The zero-order valence-electron chi connectivity index (χ0n) is 21.7.